The number of carbonyl (C=O) groups excluding carboxylic acids is 4. The van der Waals surface area contributed by atoms with E-state index in [1.54, 1.807) is 72.8 Å². The number of hydrogen-bond donors (Lipinski definition) is 0. The van der Waals surface area contributed by atoms with Gasteiger partial charge in [0.25, 0.3) is 0 Å². The number of rotatable bonds is 6. The van der Waals surface area contributed by atoms with Crippen molar-refractivity contribution in [2.75, 3.05) is 0 Å². The molecule has 0 atom stereocenters. The molecule has 0 N–H and O–H groups in total. The van der Waals surface area contributed by atoms with Gasteiger partial charge in [-0.2, -0.15) is 0 Å². The molecule has 2 aromatic heterocycles. The molecule has 0 saturated heterocycles. The van der Waals surface area contributed by atoms with Crippen LogP contribution in [0.15, 0.2) is 109 Å². The summed E-state index contributed by atoms with van der Waals surface area (Å²) < 4.78 is 0. The van der Waals surface area contributed by atoms with Crippen LogP contribution in [-0.4, -0.2) is 33.1 Å². The van der Waals surface area contributed by atoms with Gasteiger partial charge in [0.05, 0.1) is 11.6 Å². The van der Waals surface area contributed by atoms with Gasteiger partial charge in [0.15, 0.2) is 0 Å². The molecule has 0 radical (unpaired) electrons. The van der Waals surface area contributed by atoms with E-state index in [1.165, 1.54) is 38.4 Å². The third-order valence-corrected chi connectivity index (χ3v) is 4.06. The summed E-state index contributed by atoms with van der Waals surface area (Å²) in [5.74, 6) is -1.26. The summed E-state index contributed by atoms with van der Waals surface area (Å²) in [6, 6.07) is 27.0. The van der Waals surface area contributed by atoms with Crippen molar-refractivity contribution in [3.8, 4) is 11.8 Å². The first-order valence-corrected chi connectivity index (χ1v) is 11.2. The Hall–Kier alpha value is -4.24. The van der Waals surface area contributed by atoms with Crippen molar-refractivity contribution in [2.24, 2.45) is 0 Å². The molecular weight excluding hydrogens is 568 g/mol. The van der Waals surface area contributed by atoms with Gasteiger partial charge in [0.1, 0.15) is 0 Å². The Morgan fingerprint density at radius 1 is 0.550 bits per heavy atom. The van der Waals surface area contributed by atoms with E-state index >= 15 is 0 Å². The number of Topliss-reactive ketones (excluding diaryl/α,β-unsaturated/α-hetero) is 4. The first-order chi connectivity index (χ1) is 18.2. The molecule has 204 valence electrons. The summed E-state index contributed by atoms with van der Waals surface area (Å²) in [6.07, 6.45) is 5.13. The molecular formula is C30H27ClN2O6Ti. The number of nitrogens with zero attached hydrogens (tertiary/aromatic N) is 2. The summed E-state index contributed by atoms with van der Waals surface area (Å²) in [5, 5.41) is 20.3. The smallest absolute Gasteiger partial charge is 0.859 e. The zero-order valence-electron chi connectivity index (χ0n) is 21.8. The number of benzene rings is 2. The molecule has 4 aromatic rings. The zero-order valence-corrected chi connectivity index (χ0v) is 24.2. The van der Waals surface area contributed by atoms with Gasteiger partial charge >= 0.3 is 21.7 Å². The van der Waals surface area contributed by atoms with E-state index in [9.17, 15) is 29.4 Å². The largest absolute Gasteiger partial charge is 4.00 e. The summed E-state index contributed by atoms with van der Waals surface area (Å²) in [4.78, 5) is 50.3. The third kappa shape index (κ3) is 18.9. The fourth-order valence-corrected chi connectivity index (χ4v) is 2.43. The Labute approximate surface area is 254 Å². The van der Waals surface area contributed by atoms with E-state index in [0.29, 0.717) is 11.1 Å². The average molecular weight is 595 g/mol. The number of pyridine rings is 2. The number of aromatic nitrogens is 2. The summed E-state index contributed by atoms with van der Waals surface area (Å²) in [6.45, 7) is 2.72. The molecule has 0 amide bonds. The van der Waals surface area contributed by atoms with Gasteiger partial charge in [-0.25, -0.2) is 0 Å². The minimum Gasteiger partial charge on any atom is -0.859 e. The molecule has 0 fully saturated rings. The van der Waals surface area contributed by atoms with Gasteiger partial charge in [-0.3, -0.25) is 9.97 Å². The minimum absolute atomic E-state index is 0. The second-order valence-corrected chi connectivity index (χ2v) is 7.31. The van der Waals surface area contributed by atoms with Gasteiger partial charge in [-0.15, -0.1) is 60.6 Å². The minimum atomic E-state index is -0.233. The quantitative estimate of drug-likeness (QED) is 0.141. The first-order valence-electron chi connectivity index (χ1n) is 11.2. The van der Waals surface area contributed by atoms with Gasteiger partial charge in [-0.05, 0) is 37.7 Å². The summed E-state index contributed by atoms with van der Waals surface area (Å²) in [5.41, 5.74) is 1.10. The van der Waals surface area contributed by atoms with E-state index in [4.69, 9.17) is 0 Å². The molecule has 40 heavy (non-hydrogen) atoms. The van der Waals surface area contributed by atoms with Crippen LogP contribution in [0.1, 0.15) is 34.6 Å². The Bertz CT molecular complexity index is 1160. The van der Waals surface area contributed by atoms with E-state index in [-0.39, 0.29) is 69.0 Å². The van der Waals surface area contributed by atoms with E-state index in [0.717, 1.165) is 12.8 Å². The molecule has 8 nitrogen and oxygen atoms in total. The van der Waals surface area contributed by atoms with Crippen molar-refractivity contribution in [2.45, 2.75) is 13.8 Å². The van der Waals surface area contributed by atoms with Crippen LogP contribution in [0.4, 0.5) is 0 Å². The average Bonchev–Trinajstić information content (AvgIpc) is 2.91. The van der Waals surface area contributed by atoms with Crippen LogP contribution in [0.5, 0.6) is 11.8 Å². The van der Waals surface area contributed by atoms with Crippen LogP contribution in [0.3, 0.4) is 0 Å². The standard InChI is InChI=1S/2C10H9O2.2C5H5NO.ClH.Ti/c2*1-8(11)7-10(12)9-5-3-2-4-6-9;2*7-5-3-1-2-4-6-5;;/h2*2-7H,1H3;2*1-4H,(H,6,7);1H;/q2*-1;;;;+4/p-2. The molecule has 0 saturated carbocycles. The van der Waals surface area contributed by atoms with Crippen molar-refractivity contribution >= 4 is 35.5 Å². The molecule has 10 heteroatoms. The van der Waals surface area contributed by atoms with Gasteiger partial charge in [-0.1, -0.05) is 60.7 Å². The summed E-state index contributed by atoms with van der Waals surface area (Å²) >= 11 is 0. The maximum absolute atomic E-state index is 11.2. The van der Waals surface area contributed by atoms with Crippen molar-refractivity contribution in [1.82, 2.24) is 9.97 Å². The first kappa shape index (κ1) is 37.9. The van der Waals surface area contributed by atoms with E-state index in [1.807, 2.05) is 12.1 Å². The number of ketones is 4. The van der Waals surface area contributed by atoms with Crippen LogP contribution in [-0.2, 0) is 31.3 Å². The maximum Gasteiger partial charge on any atom is 4.00 e. The fourth-order valence-electron chi connectivity index (χ4n) is 2.43. The zero-order chi connectivity index (χ0) is 28.2. The van der Waals surface area contributed by atoms with Gasteiger partial charge in [0, 0.05) is 24.0 Å². The predicted octanol–water partition coefficient (Wildman–Crippen LogP) is 4.05. The van der Waals surface area contributed by atoms with Crippen LogP contribution < -0.4 is 10.2 Å². The van der Waals surface area contributed by atoms with Crippen molar-refractivity contribution in [3.63, 3.8) is 0 Å². The maximum atomic E-state index is 11.2. The topological polar surface area (TPSA) is 140 Å². The number of carbonyl (C=O) groups is 4. The number of halogens is 1. The van der Waals surface area contributed by atoms with Crippen molar-refractivity contribution < 1.29 is 51.1 Å². The fraction of sp³-hybridized carbons (Fsp3) is 0.0667. The molecule has 2 aromatic carbocycles. The molecule has 4 rings (SSSR count). The third-order valence-electron chi connectivity index (χ3n) is 4.06. The van der Waals surface area contributed by atoms with Crippen molar-refractivity contribution in [3.05, 3.63) is 133 Å². The molecule has 0 aliphatic rings. The van der Waals surface area contributed by atoms with E-state index in [2.05, 4.69) is 9.97 Å². The molecule has 0 aliphatic heterocycles. The molecule has 0 unspecified atom stereocenters. The second-order valence-electron chi connectivity index (χ2n) is 7.31. The second kappa shape index (κ2) is 22.7. The molecule has 2 heterocycles. The van der Waals surface area contributed by atoms with Crippen LogP contribution >= 0.6 is 12.4 Å². The molecule has 0 bridgehead atoms. The van der Waals surface area contributed by atoms with E-state index < -0.39 is 0 Å². The Kier molecular flexibility index (Phi) is 21.5. The van der Waals surface area contributed by atoms with Crippen LogP contribution in [0.2, 0.25) is 0 Å². The molecule has 0 spiro atoms. The monoisotopic (exact) mass is 594 g/mol. The van der Waals surface area contributed by atoms with Crippen molar-refractivity contribution in [1.29, 1.82) is 0 Å². The van der Waals surface area contributed by atoms with Crippen LogP contribution in [0, 0.1) is 12.8 Å². The number of hydrogen-bond acceptors (Lipinski definition) is 8. The van der Waals surface area contributed by atoms with Gasteiger partial charge < -0.3 is 29.4 Å². The molecule has 0 aliphatic carbocycles. The van der Waals surface area contributed by atoms with Crippen LogP contribution in [0.25, 0.3) is 0 Å². The Balaban J connectivity index is 0. The summed E-state index contributed by atoms with van der Waals surface area (Å²) in [7, 11) is 0. The predicted molar refractivity (Wildman–Crippen MR) is 146 cm³/mol. The normalized spacial score (nSPS) is 8.45. The Morgan fingerprint density at radius 2 is 0.850 bits per heavy atom. The van der Waals surface area contributed by atoms with Gasteiger partial charge in [0.2, 0.25) is 0 Å². The SMILES string of the molecule is CC(=O)[CH-]C(=O)c1ccccc1.CC(=O)[CH-]C(=O)c1ccccc1.Cl.[O-]c1ccccn1.[O-]c1ccccn1.[Ti+4]. The Morgan fingerprint density at radius 3 is 1.05 bits per heavy atom.